The van der Waals surface area contributed by atoms with Crippen LogP contribution in [-0.2, 0) is 21.8 Å². The molecule has 0 spiro atoms. The summed E-state index contributed by atoms with van der Waals surface area (Å²) in [6, 6.07) is 7.00. The molecule has 0 unspecified atom stereocenters. The van der Waals surface area contributed by atoms with Gasteiger partial charge < -0.3 is 19.5 Å². The Hall–Kier alpha value is -2.47. The second kappa shape index (κ2) is 9.18. The monoisotopic (exact) mass is 477 g/mol. The van der Waals surface area contributed by atoms with Gasteiger partial charge in [-0.2, -0.15) is 4.31 Å². The summed E-state index contributed by atoms with van der Waals surface area (Å²) in [5.74, 6) is -0.370. The summed E-state index contributed by atoms with van der Waals surface area (Å²) in [4.78, 5) is 19.9. The summed E-state index contributed by atoms with van der Waals surface area (Å²) < 4.78 is 34.8. The molecule has 1 N–H and O–H groups in total. The molecule has 1 aliphatic rings. The fourth-order valence-corrected chi connectivity index (χ4v) is 6.28. The minimum absolute atomic E-state index is 0.113. The fraction of sp³-hybridized carbons (Fsp3) is 0.429. The summed E-state index contributed by atoms with van der Waals surface area (Å²) in [5.41, 5.74) is 1.78. The van der Waals surface area contributed by atoms with Crippen molar-refractivity contribution in [1.29, 1.82) is 0 Å². The number of carbonyl (C=O) groups excluding carboxylic acids is 1. The Kier molecular flexibility index (Phi) is 6.52. The van der Waals surface area contributed by atoms with E-state index in [-0.39, 0.29) is 16.5 Å². The van der Waals surface area contributed by atoms with Crippen LogP contribution in [0.15, 0.2) is 35.4 Å². The summed E-state index contributed by atoms with van der Waals surface area (Å²) in [5, 5.41) is 3.82. The number of nitrogens with zero attached hydrogens (tertiary/aromatic N) is 4. The van der Waals surface area contributed by atoms with Crippen molar-refractivity contribution in [3.8, 4) is 0 Å². The molecule has 0 bridgehead atoms. The van der Waals surface area contributed by atoms with Gasteiger partial charge in [0.25, 0.3) is 5.91 Å². The van der Waals surface area contributed by atoms with E-state index in [0.717, 1.165) is 28.4 Å². The van der Waals surface area contributed by atoms with E-state index in [9.17, 15) is 13.2 Å². The lowest BCUT2D eigenvalue weighted by Crippen LogP contribution is -2.36. The molecule has 1 amide bonds. The number of ether oxygens (including phenoxy) is 1. The van der Waals surface area contributed by atoms with Crippen molar-refractivity contribution in [2.24, 2.45) is 7.05 Å². The van der Waals surface area contributed by atoms with E-state index < -0.39 is 10.0 Å². The van der Waals surface area contributed by atoms with E-state index in [1.807, 2.05) is 12.1 Å². The van der Waals surface area contributed by atoms with Gasteiger partial charge in [0.15, 0.2) is 5.13 Å². The summed E-state index contributed by atoms with van der Waals surface area (Å²) in [7, 11) is -1.97. The number of hydrogen-bond donors (Lipinski definition) is 1. The van der Waals surface area contributed by atoms with Gasteiger partial charge in [-0.3, -0.25) is 4.79 Å². The van der Waals surface area contributed by atoms with Gasteiger partial charge in [0, 0.05) is 45.1 Å². The molecular weight excluding hydrogens is 450 g/mol. The van der Waals surface area contributed by atoms with Crippen molar-refractivity contribution in [2.75, 3.05) is 49.6 Å². The number of fused-ring (bicyclic) bond motifs is 1. The van der Waals surface area contributed by atoms with Gasteiger partial charge in [-0.25, -0.2) is 13.4 Å². The first-order valence-corrected chi connectivity index (χ1v) is 12.8. The molecule has 3 aromatic rings. The number of morpholine rings is 1. The zero-order valence-electron chi connectivity index (χ0n) is 18.4. The Morgan fingerprint density at radius 3 is 2.62 bits per heavy atom. The van der Waals surface area contributed by atoms with Crippen LogP contribution in [0.5, 0.6) is 0 Å². The van der Waals surface area contributed by atoms with E-state index >= 15 is 0 Å². The molecule has 11 heteroatoms. The quantitative estimate of drug-likeness (QED) is 0.562. The molecule has 172 valence electrons. The van der Waals surface area contributed by atoms with Gasteiger partial charge in [-0.05, 0) is 24.3 Å². The third-order valence-corrected chi connectivity index (χ3v) is 8.57. The number of aryl methyl sites for hydroxylation is 1. The summed E-state index contributed by atoms with van der Waals surface area (Å²) in [6.07, 6.45) is 1.48. The lowest BCUT2D eigenvalue weighted by molar-refractivity contribution is 0.101. The molecule has 0 atom stereocenters. The van der Waals surface area contributed by atoms with Crippen LogP contribution in [0.25, 0.3) is 10.2 Å². The third kappa shape index (κ3) is 4.38. The number of thiazole rings is 1. The molecule has 2 aromatic heterocycles. The lowest BCUT2D eigenvalue weighted by Gasteiger charge is -2.25. The fourth-order valence-electron chi connectivity index (χ4n) is 3.69. The Morgan fingerprint density at radius 1 is 1.22 bits per heavy atom. The topological polar surface area (TPSA) is 96.8 Å². The first kappa shape index (κ1) is 22.7. The number of amides is 1. The normalized spacial score (nSPS) is 14.9. The van der Waals surface area contributed by atoms with E-state index in [1.54, 1.807) is 38.3 Å². The van der Waals surface area contributed by atoms with Crippen molar-refractivity contribution in [3.05, 3.63) is 36.2 Å². The van der Waals surface area contributed by atoms with Crippen LogP contribution in [-0.4, -0.2) is 67.6 Å². The number of nitrogens with one attached hydrogen (secondary N) is 1. The Labute approximate surface area is 191 Å². The number of anilines is 2. The van der Waals surface area contributed by atoms with E-state index in [2.05, 4.69) is 10.2 Å². The maximum absolute atomic E-state index is 12.9. The molecule has 1 aliphatic heterocycles. The highest BCUT2D eigenvalue weighted by Gasteiger charge is 2.25. The van der Waals surface area contributed by atoms with Gasteiger partial charge >= 0.3 is 0 Å². The van der Waals surface area contributed by atoms with Crippen molar-refractivity contribution >= 4 is 48.3 Å². The van der Waals surface area contributed by atoms with E-state index in [0.29, 0.717) is 32.0 Å². The first-order chi connectivity index (χ1) is 15.3. The van der Waals surface area contributed by atoms with E-state index in [1.165, 1.54) is 21.1 Å². The summed E-state index contributed by atoms with van der Waals surface area (Å²) >= 11 is 1.58. The van der Waals surface area contributed by atoms with E-state index in [4.69, 9.17) is 9.72 Å². The Morgan fingerprint density at radius 2 is 1.94 bits per heavy atom. The second-order valence-electron chi connectivity index (χ2n) is 7.49. The Balaban J connectivity index is 1.54. The predicted octanol–water partition coefficient (Wildman–Crippen LogP) is 2.75. The smallest absolute Gasteiger partial charge is 0.272 e. The van der Waals surface area contributed by atoms with Gasteiger partial charge in [0.05, 0.1) is 23.4 Å². The highest BCUT2D eigenvalue weighted by atomic mass is 32.2. The standard InChI is InChI=1S/C21H27N5O4S2/c1-4-26(5-2)32(28,29)16-13-18(24(3)14-16)20(27)22-15-6-7-17-19(12-15)31-21(23-17)25-8-10-30-11-9-25/h6-7,12-14H,4-5,8-11H2,1-3H3,(H,22,27). The van der Waals surface area contributed by atoms with Crippen LogP contribution in [0, 0.1) is 0 Å². The van der Waals surface area contributed by atoms with Gasteiger partial charge in [-0.1, -0.05) is 25.2 Å². The molecule has 1 aromatic carbocycles. The molecule has 1 saturated heterocycles. The van der Waals surface area contributed by atoms with Crippen LogP contribution < -0.4 is 10.2 Å². The zero-order chi connectivity index (χ0) is 22.9. The van der Waals surface area contributed by atoms with Crippen LogP contribution in [0.1, 0.15) is 24.3 Å². The minimum atomic E-state index is -3.63. The van der Waals surface area contributed by atoms with Crippen molar-refractivity contribution < 1.29 is 17.9 Å². The highest BCUT2D eigenvalue weighted by molar-refractivity contribution is 7.89. The summed E-state index contributed by atoms with van der Waals surface area (Å²) in [6.45, 7) is 7.34. The average Bonchev–Trinajstić information content (AvgIpc) is 3.39. The third-order valence-electron chi connectivity index (χ3n) is 5.47. The number of hydrogen-bond acceptors (Lipinski definition) is 7. The molecule has 1 fully saturated rings. The second-order valence-corrected chi connectivity index (χ2v) is 10.4. The molecule has 0 radical (unpaired) electrons. The number of aromatic nitrogens is 2. The molecule has 32 heavy (non-hydrogen) atoms. The maximum atomic E-state index is 12.9. The minimum Gasteiger partial charge on any atom is -0.378 e. The average molecular weight is 478 g/mol. The molecule has 4 rings (SSSR count). The highest BCUT2D eigenvalue weighted by Crippen LogP contribution is 2.31. The molecule has 0 aliphatic carbocycles. The van der Waals surface area contributed by atoms with Gasteiger partial charge in [0.2, 0.25) is 10.0 Å². The van der Waals surface area contributed by atoms with Crippen LogP contribution in [0.2, 0.25) is 0 Å². The maximum Gasteiger partial charge on any atom is 0.272 e. The zero-order valence-corrected chi connectivity index (χ0v) is 20.0. The molecular formula is C21H27N5O4S2. The van der Waals surface area contributed by atoms with Crippen LogP contribution in [0.3, 0.4) is 0 Å². The number of carbonyl (C=O) groups is 1. The lowest BCUT2D eigenvalue weighted by atomic mass is 10.3. The first-order valence-electron chi connectivity index (χ1n) is 10.5. The number of benzene rings is 1. The van der Waals surface area contributed by atoms with Crippen molar-refractivity contribution in [1.82, 2.24) is 13.9 Å². The number of sulfonamides is 1. The molecule has 3 heterocycles. The molecule has 0 saturated carbocycles. The molecule has 9 nitrogen and oxygen atoms in total. The predicted molar refractivity (Wildman–Crippen MR) is 126 cm³/mol. The van der Waals surface area contributed by atoms with Gasteiger partial charge in [0.1, 0.15) is 10.6 Å². The van der Waals surface area contributed by atoms with Crippen LogP contribution >= 0.6 is 11.3 Å². The number of rotatable bonds is 7. The largest absolute Gasteiger partial charge is 0.378 e. The van der Waals surface area contributed by atoms with Crippen molar-refractivity contribution in [3.63, 3.8) is 0 Å². The van der Waals surface area contributed by atoms with Crippen LogP contribution in [0.4, 0.5) is 10.8 Å². The Bertz CT molecular complexity index is 1220. The SMILES string of the molecule is CCN(CC)S(=O)(=O)c1cc(C(=O)Nc2ccc3nc(N4CCOCC4)sc3c2)n(C)c1. The van der Waals surface area contributed by atoms with Gasteiger partial charge in [-0.15, -0.1) is 0 Å². The van der Waals surface area contributed by atoms with Crippen molar-refractivity contribution in [2.45, 2.75) is 18.7 Å².